The van der Waals surface area contributed by atoms with Gasteiger partial charge in [0.15, 0.2) is 0 Å². The molecule has 0 aliphatic carbocycles. The quantitative estimate of drug-likeness (QED) is 0.636. The largest absolute Gasteiger partial charge is 0.459 e. The summed E-state index contributed by atoms with van der Waals surface area (Å²) in [5.41, 5.74) is -5.04. The molecule has 0 unspecified atom stereocenters. The van der Waals surface area contributed by atoms with Crippen molar-refractivity contribution >= 4 is 0 Å². The van der Waals surface area contributed by atoms with Gasteiger partial charge in [0, 0.05) is 0 Å². The van der Waals surface area contributed by atoms with E-state index in [1.807, 2.05) is 0 Å². The smallest absolute Gasteiger partial charge is 0.199 e. The van der Waals surface area contributed by atoms with E-state index in [0.29, 0.717) is 0 Å². The van der Waals surface area contributed by atoms with Gasteiger partial charge in [0.2, 0.25) is 0 Å². The molecule has 0 aromatic heterocycles. The van der Waals surface area contributed by atoms with Crippen LogP contribution in [0.4, 0.5) is 52.7 Å². The highest BCUT2D eigenvalue weighted by Gasteiger charge is 2.85. The van der Waals surface area contributed by atoms with Gasteiger partial charge in [-0.25, -0.2) is 0 Å². The molecular formula is C8H6F12. The topological polar surface area (TPSA) is 0 Å². The fourth-order valence-electron chi connectivity index (χ4n) is 1.12. The van der Waals surface area contributed by atoms with Crippen LogP contribution >= 0.6 is 0 Å². The SMILES string of the molecule is CC(C)(C(F)(F)C(F)(F)F)C(F)(F)C(F)(F)C(F)(F)F. The first-order chi connectivity index (χ1) is 8.25. The van der Waals surface area contributed by atoms with Crippen molar-refractivity contribution in [2.75, 3.05) is 0 Å². The molecule has 0 aromatic carbocycles. The van der Waals surface area contributed by atoms with Crippen LogP contribution in [0, 0.1) is 5.41 Å². The van der Waals surface area contributed by atoms with Crippen molar-refractivity contribution in [1.82, 2.24) is 0 Å². The maximum atomic E-state index is 13.1. The van der Waals surface area contributed by atoms with Crippen molar-refractivity contribution in [2.24, 2.45) is 5.41 Å². The van der Waals surface area contributed by atoms with Crippen LogP contribution in [0.5, 0.6) is 0 Å². The van der Waals surface area contributed by atoms with Crippen molar-refractivity contribution in [2.45, 2.75) is 44.0 Å². The zero-order valence-corrected chi connectivity index (χ0v) is 9.54. The average Bonchev–Trinajstić information content (AvgIpc) is 2.12. The zero-order valence-electron chi connectivity index (χ0n) is 9.54. The van der Waals surface area contributed by atoms with Crippen molar-refractivity contribution in [3.05, 3.63) is 0 Å². The lowest BCUT2D eigenvalue weighted by Gasteiger charge is -2.43. The van der Waals surface area contributed by atoms with Crippen LogP contribution in [-0.4, -0.2) is 30.1 Å². The molecule has 0 atom stereocenters. The Morgan fingerprint density at radius 3 is 0.850 bits per heavy atom. The third-order valence-corrected chi connectivity index (χ3v) is 2.68. The van der Waals surface area contributed by atoms with E-state index in [1.54, 1.807) is 0 Å². The van der Waals surface area contributed by atoms with E-state index in [4.69, 9.17) is 0 Å². The second-order valence-electron chi connectivity index (χ2n) is 4.34. The predicted octanol–water partition coefficient (Wildman–Crippen LogP) is 5.04. The summed E-state index contributed by atoms with van der Waals surface area (Å²) in [4.78, 5) is 0. The van der Waals surface area contributed by atoms with Crippen LogP contribution in [0.2, 0.25) is 0 Å². The van der Waals surface area contributed by atoms with Gasteiger partial charge in [-0.2, -0.15) is 52.7 Å². The maximum Gasteiger partial charge on any atom is 0.459 e. The predicted molar refractivity (Wildman–Crippen MR) is 40.7 cm³/mol. The van der Waals surface area contributed by atoms with E-state index in [0.717, 1.165) is 0 Å². The summed E-state index contributed by atoms with van der Waals surface area (Å²) >= 11 is 0. The summed E-state index contributed by atoms with van der Waals surface area (Å²) in [6.07, 6.45) is -13.7. The fourth-order valence-corrected chi connectivity index (χ4v) is 1.12. The van der Waals surface area contributed by atoms with Crippen molar-refractivity contribution in [3.8, 4) is 0 Å². The highest BCUT2D eigenvalue weighted by Crippen LogP contribution is 2.61. The Bertz CT molecular complexity index is 321. The Kier molecular flexibility index (Phi) is 4.14. The van der Waals surface area contributed by atoms with Gasteiger partial charge >= 0.3 is 30.1 Å². The Labute approximate surface area is 103 Å². The summed E-state index contributed by atoms with van der Waals surface area (Å²) in [5, 5.41) is 0. The van der Waals surface area contributed by atoms with Crippen LogP contribution in [-0.2, 0) is 0 Å². The third kappa shape index (κ3) is 2.30. The maximum absolute atomic E-state index is 13.1. The second kappa shape index (κ2) is 4.33. The Balaban J connectivity index is 6.08. The molecule has 0 fully saturated rings. The molecule has 0 saturated carbocycles. The molecule has 20 heavy (non-hydrogen) atoms. The summed E-state index contributed by atoms with van der Waals surface area (Å²) in [6, 6.07) is 0. The van der Waals surface area contributed by atoms with E-state index in [2.05, 4.69) is 0 Å². The first-order valence-electron chi connectivity index (χ1n) is 4.52. The molecule has 0 bridgehead atoms. The van der Waals surface area contributed by atoms with Gasteiger partial charge in [0.25, 0.3) is 0 Å². The minimum atomic E-state index is -7.07. The molecule has 0 saturated heterocycles. The highest BCUT2D eigenvalue weighted by molar-refractivity contribution is 5.07. The van der Waals surface area contributed by atoms with Gasteiger partial charge < -0.3 is 0 Å². The van der Waals surface area contributed by atoms with E-state index in [1.165, 1.54) is 0 Å². The number of alkyl halides is 12. The Morgan fingerprint density at radius 1 is 0.400 bits per heavy atom. The number of rotatable bonds is 3. The minimum Gasteiger partial charge on any atom is -0.199 e. The standard InChI is InChI=1S/C8H6F12/c1-3(2,5(11,12)7(15,16)17)4(9,10)6(13,14)8(18,19)20/h1-2H3. The molecule has 0 heterocycles. The molecule has 0 nitrogen and oxygen atoms in total. The van der Waals surface area contributed by atoms with Gasteiger partial charge in [0.1, 0.15) is 5.41 Å². The minimum absolute atomic E-state index is 0.722. The third-order valence-electron chi connectivity index (χ3n) is 2.68. The van der Waals surface area contributed by atoms with Crippen LogP contribution in [0.3, 0.4) is 0 Å². The summed E-state index contributed by atoms with van der Waals surface area (Å²) < 4.78 is 148. The molecular weight excluding hydrogens is 324 g/mol. The van der Waals surface area contributed by atoms with Gasteiger partial charge in [-0.3, -0.25) is 0 Å². The Morgan fingerprint density at radius 2 is 0.650 bits per heavy atom. The van der Waals surface area contributed by atoms with Crippen molar-refractivity contribution < 1.29 is 52.7 Å². The monoisotopic (exact) mass is 330 g/mol. The molecule has 0 amide bonds. The van der Waals surface area contributed by atoms with Gasteiger partial charge in [-0.05, 0) is 13.8 Å². The van der Waals surface area contributed by atoms with Crippen molar-refractivity contribution in [1.29, 1.82) is 0 Å². The highest BCUT2D eigenvalue weighted by atomic mass is 19.4. The van der Waals surface area contributed by atoms with Gasteiger partial charge in [-0.15, -0.1) is 0 Å². The lowest BCUT2D eigenvalue weighted by Crippen LogP contribution is -2.66. The Hall–Kier alpha value is -0.840. The fraction of sp³-hybridized carbons (Fsp3) is 1.00. The lowest BCUT2D eigenvalue weighted by molar-refractivity contribution is -0.420. The summed E-state index contributed by atoms with van der Waals surface area (Å²) in [5.74, 6) is -20.3. The molecule has 0 aliphatic rings. The molecule has 0 N–H and O–H groups in total. The summed E-state index contributed by atoms with van der Waals surface area (Å²) in [6.45, 7) is -1.44. The van der Waals surface area contributed by atoms with Crippen molar-refractivity contribution in [3.63, 3.8) is 0 Å². The van der Waals surface area contributed by atoms with Crippen LogP contribution < -0.4 is 0 Å². The van der Waals surface area contributed by atoms with E-state index in [9.17, 15) is 52.7 Å². The molecule has 0 rings (SSSR count). The summed E-state index contributed by atoms with van der Waals surface area (Å²) in [7, 11) is 0. The zero-order chi connectivity index (χ0) is 17.0. The number of hydrogen-bond acceptors (Lipinski definition) is 0. The van der Waals surface area contributed by atoms with Crippen LogP contribution in [0.1, 0.15) is 13.8 Å². The van der Waals surface area contributed by atoms with Gasteiger partial charge in [-0.1, -0.05) is 0 Å². The van der Waals surface area contributed by atoms with Crippen LogP contribution in [0.15, 0.2) is 0 Å². The van der Waals surface area contributed by atoms with E-state index in [-0.39, 0.29) is 0 Å². The molecule has 0 spiro atoms. The average molecular weight is 330 g/mol. The molecule has 122 valence electrons. The first-order valence-corrected chi connectivity index (χ1v) is 4.52. The van der Waals surface area contributed by atoms with Crippen LogP contribution in [0.25, 0.3) is 0 Å². The number of hydrogen-bond donors (Lipinski definition) is 0. The van der Waals surface area contributed by atoms with Gasteiger partial charge in [0.05, 0.1) is 0 Å². The van der Waals surface area contributed by atoms with E-state index >= 15 is 0 Å². The normalized spacial score (nSPS) is 16.5. The molecule has 12 heteroatoms. The second-order valence-corrected chi connectivity index (χ2v) is 4.34. The lowest BCUT2D eigenvalue weighted by atomic mass is 9.75. The first kappa shape index (κ1) is 19.2. The van der Waals surface area contributed by atoms with E-state index < -0.39 is 49.4 Å². The number of halogens is 12. The molecule has 0 aromatic rings. The molecule has 0 aliphatic heterocycles. The molecule has 0 radical (unpaired) electrons.